The predicted molar refractivity (Wildman–Crippen MR) is 69.1 cm³/mol. The molecule has 1 aliphatic rings. The van der Waals surface area contributed by atoms with Crippen molar-refractivity contribution >= 4 is 11.8 Å². The highest BCUT2D eigenvalue weighted by Crippen LogP contribution is 2.41. The number of aryl methyl sites for hydroxylation is 1. The number of hydrogen-bond donors (Lipinski definition) is 2. The molecule has 0 radical (unpaired) electrons. The second kappa shape index (κ2) is 5.33. The number of nitrogens with one attached hydrogen (secondary N) is 1. The van der Waals surface area contributed by atoms with Gasteiger partial charge in [-0.05, 0) is 38.8 Å². The van der Waals surface area contributed by atoms with Crippen LogP contribution in [0.2, 0.25) is 0 Å². The molecule has 0 spiro atoms. The quantitative estimate of drug-likeness (QED) is 0.590. The lowest BCUT2D eigenvalue weighted by atomic mass is 9.97. The van der Waals surface area contributed by atoms with Crippen molar-refractivity contribution in [2.24, 2.45) is 5.92 Å². The highest BCUT2D eigenvalue weighted by Gasteiger charge is 2.43. The van der Waals surface area contributed by atoms with E-state index in [2.05, 4.69) is 15.3 Å². The lowest BCUT2D eigenvalue weighted by Crippen LogP contribution is -2.51. The molecule has 1 aliphatic carbocycles. The van der Waals surface area contributed by atoms with Crippen LogP contribution in [0.1, 0.15) is 18.5 Å². The Balaban J connectivity index is 2.00. The molecule has 1 saturated carbocycles. The van der Waals surface area contributed by atoms with Crippen LogP contribution in [0.4, 0.5) is 0 Å². The van der Waals surface area contributed by atoms with Crippen LogP contribution in [-0.4, -0.2) is 40.0 Å². The van der Waals surface area contributed by atoms with Crippen molar-refractivity contribution in [3.8, 4) is 0 Å². The van der Waals surface area contributed by atoms with Gasteiger partial charge < -0.3 is 10.4 Å². The lowest BCUT2D eigenvalue weighted by Gasteiger charge is -2.31. The predicted octanol–water partition coefficient (Wildman–Crippen LogP) is 1.24. The van der Waals surface area contributed by atoms with E-state index >= 15 is 0 Å². The van der Waals surface area contributed by atoms with Crippen molar-refractivity contribution in [2.75, 3.05) is 19.4 Å². The van der Waals surface area contributed by atoms with Gasteiger partial charge in [0.15, 0.2) is 5.16 Å². The van der Waals surface area contributed by atoms with Crippen molar-refractivity contribution in [1.82, 2.24) is 15.3 Å². The van der Waals surface area contributed by atoms with Gasteiger partial charge in [0.05, 0.1) is 12.1 Å². The van der Waals surface area contributed by atoms with Crippen molar-refractivity contribution < 1.29 is 5.11 Å². The first-order chi connectivity index (χ1) is 8.20. The summed E-state index contributed by atoms with van der Waals surface area (Å²) in [5.74, 6) is 1.41. The van der Waals surface area contributed by atoms with Crippen LogP contribution in [0.5, 0.6) is 0 Å². The van der Waals surface area contributed by atoms with Crippen LogP contribution in [0.3, 0.4) is 0 Å². The molecule has 4 nitrogen and oxygen atoms in total. The van der Waals surface area contributed by atoms with Crippen LogP contribution in [0.15, 0.2) is 17.4 Å². The van der Waals surface area contributed by atoms with E-state index in [9.17, 15) is 5.11 Å². The van der Waals surface area contributed by atoms with E-state index in [0.717, 1.165) is 16.6 Å². The molecule has 0 aliphatic heterocycles. The molecule has 0 bridgehead atoms. The van der Waals surface area contributed by atoms with E-state index in [1.807, 2.05) is 20.0 Å². The normalized spacial score (nSPS) is 19.0. The zero-order valence-electron chi connectivity index (χ0n) is 10.3. The van der Waals surface area contributed by atoms with Crippen LogP contribution in [0.25, 0.3) is 0 Å². The summed E-state index contributed by atoms with van der Waals surface area (Å²) >= 11 is 1.61. The summed E-state index contributed by atoms with van der Waals surface area (Å²) in [4.78, 5) is 8.60. The van der Waals surface area contributed by atoms with Gasteiger partial charge >= 0.3 is 0 Å². The first-order valence-electron chi connectivity index (χ1n) is 5.92. The summed E-state index contributed by atoms with van der Waals surface area (Å²) in [5.41, 5.74) is 0.811. The Bertz CT molecular complexity index is 378. The van der Waals surface area contributed by atoms with E-state index in [4.69, 9.17) is 0 Å². The van der Waals surface area contributed by atoms with Crippen molar-refractivity contribution in [3.05, 3.63) is 18.0 Å². The zero-order valence-corrected chi connectivity index (χ0v) is 11.1. The summed E-state index contributed by atoms with van der Waals surface area (Å²) in [7, 11) is 1.92. The summed E-state index contributed by atoms with van der Waals surface area (Å²) in [6, 6.07) is 1.89. The number of nitrogens with zero attached hydrogens (tertiary/aromatic N) is 2. The number of likely N-dealkylation sites (N-methyl/N-ethyl adjacent to an activating group) is 1. The Morgan fingerprint density at radius 3 is 2.88 bits per heavy atom. The van der Waals surface area contributed by atoms with Gasteiger partial charge in [0.1, 0.15) is 0 Å². The molecule has 0 aromatic carbocycles. The zero-order chi connectivity index (χ0) is 12.3. The summed E-state index contributed by atoms with van der Waals surface area (Å²) in [5, 5.41) is 13.7. The molecule has 1 aromatic rings. The van der Waals surface area contributed by atoms with Gasteiger partial charge in [0.2, 0.25) is 0 Å². The maximum absolute atomic E-state index is 9.60. The second-order valence-corrected chi connectivity index (χ2v) is 5.55. The monoisotopic (exact) mass is 253 g/mol. The number of aliphatic hydroxyl groups is 1. The largest absolute Gasteiger partial charge is 0.394 e. The van der Waals surface area contributed by atoms with Crippen LogP contribution in [-0.2, 0) is 0 Å². The lowest BCUT2D eigenvalue weighted by molar-refractivity contribution is 0.167. The third-order valence-electron chi connectivity index (χ3n) is 3.37. The summed E-state index contributed by atoms with van der Waals surface area (Å²) in [6.45, 7) is 2.14. The molecule has 2 N–H and O–H groups in total. The Morgan fingerprint density at radius 1 is 1.59 bits per heavy atom. The Hall–Kier alpha value is -0.650. The highest BCUT2D eigenvalue weighted by molar-refractivity contribution is 7.99. The van der Waals surface area contributed by atoms with Crippen molar-refractivity contribution in [3.63, 3.8) is 0 Å². The van der Waals surface area contributed by atoms with Crippen molar-refractivity contribution in [1.29, 1.82) is 0 Å². The minimum Gasteiger partial charge on any atom is -0.394 e. The molecule has 1 atom stereocenters. The molecule has 17 heavy (non-hydrogen) atoms. The summed E-state index contributed by atoms with van der Waals surface area (Å²) < 4.78 is 0. The van der Waals surface area contributed by atoms with Crippen LogP contribution in [0, 0.1) is 12.8 Å². The van der Waals surface area contributed by atoms with E-state index < -0.39 is 0 Å². The third-order valence-corrected chi connectivity index (χ3v) is 4.48. The Morgan fingerprint density at radius 2 is 2.35 bits per heavy atom. The van der Waals surface area contributed by atoms with Gasteiger partial charge in [-0.3, -0.25) is 0 Å². The number of hydrogen-bond acceptors (Lipinski definition) is 5. The fraction of sp³-hybridized carbons (Fsp3) is 0.667. The molecule has 1 heterocycles. The molecule has 0 saturated heterocycles. The number of thioether (sulfide) groups is 1. The van der Waals surface area contributed by atoms with Crippen LogP contribution >= 0.6 is 11.8 Å². The molecule has 0 amide bonds. The molecule has 1 unspecified atom stereocenters. The fourth-order valence-electron chi connectivity index (χ4n) is 1.97. The van der Waals surface area contributed by atoms with E-state index in [1.165, 1.54) is 12.8 Å². The first-order valence-corrected chi connectivity index (χ1v) is 6.91. The maximum atomic E-state index is 9.60. The number of rotatable bonds is 6. The molecular formula is C12H19N3OS. The molecule has 1 fully saturated rings. The molecule has 94 valence electrons. The average Bonchev–Trinajstić information content (AvgIpc) is 3.16. The van der Waals surface area contributed by atoms with E-state index in [1.54, 1.807) is 18.0 Å². The van der Waals surface area contributed by atoms with Crippen LogP contribution < -0.4 is 5.32 Å². The van der Waals surface area contributed by atoms with Gasteiger partial charge in [0, 0.05) is 17.6 Å². The van der Waals surface area contributed by atoms with Gasteiger partial charge in [-0.25, -0.2) is 9.97 Å². The second-order valence-electron chi connectivity index (χ2n) is 4.61. The minimum atomic E-state index is -0.169. The molecule has 5 heteroatoms. The highest BCUT2D eigenvalue weighted by atomic mass is 32.2. The summed E-state index contributed by atoms with van der Waals surface area (Å²) in [6.07, 6.45) is 4.19. The maximum Gasteiger partial charge on any atom is 0.187 e. The van der Waals surface area contributed by atoms with Crippen molar-refractivity contribution in [2.45, 2.75) is 30.5 Å². The fourth-order valence-corrected chi connectivity index (χ4v) is 3.17. The van der Waals surface area contributed by atoms with Gasteiger partial charge in [0.25, 0.3) is 0 Å². The van der Waals surface area contributed by atoms with Gasteiger partial charge in [-0.15, -0.1) is 0 Å². The Kier molecular flexibility index (Phi) is 4.01. The number of aliphatic hydroxyl groups excluding tert-OH is 1. The minimum absolute atomic E-state index is 0.169. The molecule has 2 rings (SSSR count). The standard InChI is InChI=1S/C12H19N3OS/c1-9-5-6-14-11(15-9)17-8-12(7-16,13-2)10-3-4-10/h5-6,10,13,16H,3-4,7-8H2,1-2H3. The van der Waals surface area contributed by atoms with Gasteiger partial charge in [-0.2, -0.15) is 0 Å². The average molecular weight is 253 g/mol. The first kappa shape index (κ1) is 12.8. The number of aromatic nitrogens is 2. The Labute approximate surface area is 106 Å². The topological polar surface area (TPSA) is 58.0 Å². The molecule has 1 aromatic heterocycles. The van der Waals surface area contributed by atoms with E-state index in [-0.39, 0.29) is 12.1 Å². The smallest absolute Gasteiger partial charge is 0.187 e. The third kappa shape index (κ3) is 2.97. The van der Waals surface area contributed by atoms with E-state index in [0.29, 0.717) is 5.92 Å². The SMILES string of the molecule is CNC(CO)(CSc1nccc(C)n1)C1CC1. The molecular weight excluding hydrogens is 234 g/mol. The van der Waals surface area contributed by atoms with Gasteiger partial charge in [-0.1, -0.05) is 11.8 Å².